The number of carbonyl (C=O) groups excluding carboxylic acids is 2. The van der Waals surface area contributed by atoms with Crippen molar-refractivity contribution < 1.29 is 23.8 Å². The molecule has 2 fully saturated rings. The molecule has 1 unspecified atom stereocenters. The first kappa shape index (κ1) is 18.1. The van der Waals surface area contributed by atoms with Crippen molar-refractivity contribution in [3.05, 3.63) is 23.8 Å². The second-order valence-electron chi connectivity index (χ2n) is 7.11. The number of hydrogen-bond acceptors (Lipinski definition) is 6. The number of carbonyl (C=O) groups is 2. The summed E-state index contributed by atoms with van der Waals surface area (Å²) in [5.74, 6) is 1.13. The minimum atomic E-state index is -0.281. The first-order valence-electron chi connectivity index (χ1n) is 9.43. The van der Waals surface area contributed by atoms with Gasteiger partial charge in [-0.2, -0.15) is 0 Å². The van der Waals surface area contributed by atoms with Crippen LogP contribution in [-0.2, 0) is 20.9 Å². The van der Waals surface area contributed by atoms with Gasteiger partial charge in [-0.05, 0) is 17.7 Å². The van der Waals surface area contributed by atoms with Gasteiger partial charge in [0.15, 0.2) is 11.5 Å². The first-order chi connectivity index (χ1) is 13.2. The molecule has 1 aromatic carbocycles. The fourth-order valence-electron chi connectivity index (χ4n) is 3.67. The van der Waals surface area contributed by atoms with E-state index in [2.05, 4.69) is 10.2 Å². The molecule has 3 aliphatic rings. The van der Waals surface area contributed by atoms with Crippen molar-refractivity contribution >= 4 is 11.8 Å². The third-order valence-corrected chi connectivity index (χ3v) is 5.23. The molecule has 2 saturated heterocycles. The van der Waals surface area contributed by atoms with E-state index in [-0.39, 0.29) is 30.9 Å². The molecule has 146 valence electrons. The number of nitrogens with zero attached hydrogens (tertiary/aromatic N) is 2. The van der Waals surface area contributed by atoms with Gasteiger partial charge in [0, 0.05) is 45.7 Å². The summed E-state index contributed by atoms with van der Waals surface area (Å²) in [6.45, 7) is 5.89. The molecule has 0 radical (unpaired) electrons. The fraction of sp³-hybridized carbons (Fsp3) is 0.579. The second kappa shape index (κ2) is 8.14. The molecule has 3 aliphatic heterocycles. The number of benzene rings is 1. The number of morpholine rings is 1. The zero-order valence-corrected chi connectivity index (χ0v) is 15.3. The summed E-state index contributed by atoms with van der Waals surface area (Å²) in [5.41, 5.74) is 0.973. The Balaban J connectivity index is 1.25. The van der Waals surface area contributed by atoms with E-state index >= 15 is 0 Å². The SMILES string of the molecule is O=C(NCCN1CCOCC1)C1CC(=O)N(Cc2ccc3c(c2)OCO3)C1. The highest BCUT2D eigenvalue weighted by Gasteiger charge is 2.34. The molecule has 27 heavy (non-hydrogen) atoms. The van der Waals surface area contributed by atoms with E-state index in [1.165, 1.54) is 0 Å². The molecule has 8 nitrogen and oxygen atoms in total. The average molecular weight is 375 g/mol. The van der Waals surface area contributed by atoms with E-state index in [1.807, 2.05) is 18.2 Å². The highest BCUT2D eigenvalue weighted by Crippen LogP contribution is 2.33. The summed E-state index contributed by atoms with van der Waals surface area (Å²) in [4.78, 5) is 28.7. The Bertz CT molecular complexity index is 705. The average Bonchev–Trinajstić information content (AvgIpc) is 3.29. The molecular weight excluding hydrogens is 350 g/mol. The number of likely N-dealkylation sites (tertiary alicyclic amines) is 1. The number of nitrogens with one attached hydrogen (secondary N) is 1. The molecule has 4 rings (SSSR count). The lowest BCUT2D eigenvalue weighted by atomic mass is 10.1. The van der Waals surface area contributed by atoms with Gasteiger partial charge in [-0.15, -0.1) is 0 Å². The Morgan fingerprint density at radius 3 is 2.85 bits per heavy atom. The van der Waals surface area contributed by atoms with Crippen LogP contribution in [0, 0.1) is 5.92 Å². The molecule has 0 bridgehead atoms. The molecule has 1 N–H and O–H groups in total. The number of fused-ring (bicyclic) bond motifs is 1. The molecule has 1 atom stereocenters. The fourth-order valence-corrected chi connectivity index (χ4v) is 3.67. The van der Waals surface area contributed by atoms with Crippen LogP contribution in [0.15, 0.2) is 18.2 Å². The summed E-state index contributed by atoms with van der Waals surface area (Å²) >= 11 is 0. The lowest BCUT2D eigenvalue weighted by Gasteiger charge is -2.26. The lowest BCUT2D eigenvalue weighted by molar-refractivity contribution is -0.129. The predicted octanol–water partition coefficient (Wildman–Crippen LogP) is 0.212. The normalized spacial score (nSPS) is 22.3. The molecule has 2 amide bonds. The topological polar surface area (TPSA) is 80.3 Å². The van der Waals surface area contributed by atoms with Crippen molar-refractivity contribution in [1.82, 2.24) is 15.1 Å². The van der Waals surface area contributed by atoms with Crippen LogP contribution in [0.25, 0.3) is 0 Å². The predicted molar refractivity (Wildman–Crippen MR) is 96.4 cm³/mol. The molecular formula is C19H25N3O5. The minimum absolute atomic E-state index is 0.0148. The van der Waals surface area contributed by atoms with Crippen molar-refractivity contribution in [2.24, 2.45) is 5.92 Å². The van der Waals surface area contributed by atoms with E-state index < -0.39 is 0 Å². The van der Waals surface area contributed by atoms with Gasteiger partial charge in [0.05, 0.1) is 19.1 Å². The van der Waals surface area contributed by atoms with Gasteiger partial charge in [0.2, 0.25) is 18.6 Å². The number of rotatable bonds is 6. The Kier molecular flexibility index (Phi) is 5.45. The quantitative estimate of drug-likeness (QED) is 0.766. The molecule has 3 heterocycles. The smallest absolute Gasteiger partial charge is 0.231 e. The first-order valence-corrected chi connectivity index (χ1v) is 9.43. The van der Waals surface area contributed by atoms with Crippen LogP contribution < -0.4 is 14.8 Å². The van der Waals surface area contributed by atoms with Crippen molar-refractivity contribution in [1.29, 1.82) is 0 Å². The van der Waals surface area contributed by atoms with Gasteiger partial charge in [0.1, 0.15) is 0 Å². The third-order valence-electron chi connectivity index (χ3n) is 5.23. The van der Waals surface area contributed by atoms with Crippen LogP contribution >= 0.6 is 0 Å². The van der Waals surface area contributed by atoms with Gasteiger partial charge in [0.25, 0.3) is 0 Å². The molecule has 0 aliphatic carbocycles. The summed E-state index contributed by atoms with van der Waals surface area (Å²) in [6.07, 6.45) is 0.272. The zero-order chi connectivity index (χ0) is 18.6. The van der Waals surface area contributed by atoms with E-state index in [4.69, 9.17) is 14.2 Å². The Morgan fingerprint density at radius 1 is 1.19 bits per heavy atom. The number of hydrogen-bond donors (Lipinski definition) is 1. The monoisotopic (exact) mass is 375 g/mol. The molecule has 1 aromatic rings. The molecule has 0 spiro atoms. The Hall–Kier alpha value is -2.32. The lowest BCUT2D eigenvalue weighted by Crippen LogP contribution is -2.42. The van der Waals surface area contributed by atoms with Crippen LogP contribution in [0.4, 0.5) is 0 Å². The summed E-state index contributed by atoms with van der Waals surface area (Å²) in [7, 11) is 0. The molecule has 0 saturated carbocycles. The van der Waals surface area contributed by atoms with E-state index in [0.29, 0.717) is 25.4 Å². The highest BCUT2D eigenvalue weighted by molar-refractivity contribution is 5.89. The molecule has 0 aromatic heterocycles. The van der Waals surface area contributed by atoms with Crippen molar-refractivity contribution in [2.75, 3.05) is 52.7 Å². The van der Waals surface area contributed by atoms with Gasteiger partial charge in [-0.25, -0.2) is 0 Å². The second-order valence-corrected chi connectivity index (χ2v) is 7.11. The highest BCUT2D eigenvalue weighted by atomic mass is 16.7. The van der Waals surface area contributed by atoms with E-state index in [1.54, 1.807) is 4.90 Å². The van der Waals surface area contributed by atoms with Gasteiger partial charge < -0.3 is 24.4 Å². The van der Waals surface area contributed by atoms with Crippen LogP contribution in [0.5, 0.6) is 11.5 Å². The van der Waals surface area contributed by atoms with Crippen LogP contribution in [0.2, 0.25) is 0 Å². The maximum absolute atomic E-state index is 12.4. The maximum atomic E-state index is 12.4. The van der Waals surface area contributed by atoms with Gasteiger partial charge in [-0.3, -0.25) is 14.5 Å². The van der Waals surface area contributed by atoms with Crippen molar-refractivity contribution in [2.45, 2.75) is 13.0 Å². The van der Waals surface area contributed by atoms with Crippen LogP contribution in [-0.4, -0.2) is 74.3 Å². The van der Waals surface area contributed by atoms with Gasteiger partial charge >= 0.3 is 0 Å². The van der Waals surface area contributed by atoms with Crippen LogP contribution in [0.1, 0.15) is 12.0 Å². The third kappa shape index (κ3) is 4.33. The van der Waals surface area contributed by atoms with Crippen molar-refractivity contribution in [3.8, 4) is 11.5 Å². The maximum Gasteiger partial charge on any atom is 0.231 e. The van der Waals surface area contributed by atoms with E-state index in [0.717, 1.165) is 44.2 Å². The standard InChI is InChI=1S/C19H25N3O5/c23-18-10-15(19(24)20-3-4-21-5-7-25-8-6-21)12-22(18)11-14-1-2-16-17(9-14)27-13-26-16/h1-2,9,15H,3-8,10-13H2,(H,20,24). The Morgan fingerprint density at radius 2 is 2.00 bits per heavy atom. The number of amides is 2. The number of ether oxygens (including phenoxy) is 3. The zero-order valence-electron chi connectivity index (χ0n) is 15.3. The summed E-state index contributed by atoms with van der Waals surface area (Å²) < 4.78 is 16.0. The summed E-state index contributed by atoms with van der Waals surface area (Å²) in [6, 6.07) is 5.68. The largest absolute Gasteiger partial charge is 0.454 e. The van der Waals surface area contributed by atoms with E-state index in [9.17, 15) is 9.59 Å². The van der Waals surface area contributed by atoms with Crippen molar-refractivity contribution in [3.63, 3.8) is 0 Å². The Labute approximate surface area is 158 Å². The molecule has 8 heteroatoms. The summed E-state index contributed by atoms with van der Waals surface area (Å²) in [5, 5.41) is 2.97. The minimum Gasteiger partial charge on any atom is -0.454 e. The van der Waals surface area contributed by atoms with Gasteiger partial charge in [-0.1, -0.05) is 6.07 Å². The van der Waals surface area contributed by atoms with Crippen LogP contribution in [0.3, 0.4) is 0 Å².